The molecule has 1 heterocycles. The van der Waals surface area contributed by atoms with Crippen molar-refractivity contribution in [3.05, 3.63) is 63.9 Å². The number of imidazole rings is 1. The number of rotatable bonds is 7. The summed E-state index contributed by atoms with van der Waals surface area (Å²) in [5, 5.41) is 4.23. The van der Waals surface area contributed by atoms with Crippen LogP contribution in [0, 0.1) is 5.92 Å². The van der Waals surface area contributed by atoms with E-state index in [2.05, 4.69) is 16.0 Å². The van der Waals surface area contributed by atoms with Crippen molar-refractivity contribution >= 4 is 40.1 Å². The molecule has 0 unspecified atom stereocenters. The van der Waals surface area contributed by atoms with E-state index in [0.29, 0.717) is 23.1 Å². The fourth-order valence-corrected chi connectivity index (χ4v) is 3.44. The highest BCUT2D eigenvalue weighted by atomic mass is 35.5. The molecule has 4 nitrogen and oxygen atoms in total. The van der Waals surface area contributed by atoms with Crippen molar-refractivity contribution in [1.82, 2.24) is 14.9 Å². The second-order valence-corrected chi connectivity index (χ2v) is 7.73. The number of aryl methyl sites for hydroxylation is 1. The Morgan fingerprint density at radius 3 is 2.70 bits per heavy atom. The molecule has 6 heteroatoms. The summed E-state index contributed by atoms with van der Waals surface area (Å²) in [6, 6.07) is 13.6. The van der Waals surface area contributed by atoms with E-state index in [9.17, 15) is 4.79 Å². The molecule has 1 amide bonds. The molecule has 0 bridgehead atoms. The maximum atomic E-state index is 11.7. The number of fused-ring (bicyclic) bond motifs is 1. The van der Waals surface area contributed by atoms with E-state index in [1.54, 1.807) is 6.07 Å². The minimum absolute atomic E-state index is 0.00150. The zero-order valence-corrected chi connectivity index (χ0v) is 17.0. The zero-order chi connectivity index (χ0) is 19.4. The first-order chi connectivity index (χ1) is 13.0. The van der Waals surface area contributed by atoms with E-state index in [4.69, 9.17) is 28.2 Å². The van der Waals surface area contributed by atoms with Crippen LogP contribution in [0.2, 0.25) is 10.0 Å². The van der Waals surface area contributed by atoms with Crippen molar-refractivity contribution in [1.29, 1.82) is 0 Å². The lowest BCUT2D eigenvalue weighted by atomic mass is 10.2. The molecule has 0 radical (unpaired) electrons. The Morgan fingerprint density at radius 2 is 1.96 bits per heavy atom. The summed E-state index contributed by atoms with van der Waals surface area (Å²) < 4.78 is 2.19. The van der Waals surface area contributed by atoms with Gasteiger partial charge in [0.05, 0.1) is 17.6 Å². The lowest BCUT2D eigenvalue weighted by molar-refractivity contribution is -0.123. The van der Waals surface area contributed by atoms with Gasteiger partial charge in [0.1, 0.15) is 5.82 Å². The molecule has 0 atom stereocenters. The van der Waals surface area contributed by atoms with Crippen molar-refractivity contribution in [3.8, 4) is 0 Å². The molecule has 1 aromatic heterocycles. The average molecular weight is 404 g/mol. The molecule has 0 fully saturated rings. The average Bonchev–Trinajstić information content (AvgIpc) is 2.98. The molecule has 1 N–H and O–H groups in total. The lowest BCUT2D eigenvalue weighted by Gasteiger charge is -2.12. The van der Waals surface area contributed by atoms with Crippen molar-refractivity contribution in [3.63, 3.8) is 0 Å². The van der Waals surface area contributed by atoms with Gasteiger partial charge in [0.2, 0.25) is 5.91 Å². The molecule has 3 aromatic rings. The van der Waals surface area contributed by atoms with Gasteiger partial charge < -0.3 is 9.88 Å². The number of carbonyl (C=O) groups is 1. The van der Waals surface area contributed by atoms with Crippen LogP contribution >= 0.6 is 23.2 Å². The summed E-state index contributed by atoms with van der Waals surface area (Å²) in [4.78, 5) is 16.5. The number of benzene rings is 2. The van der Waals surface area contributed by atoms with Gasteiger partial charge in [-0.05, 0) is 36.2 Å². The Balaban J connectivity index is 1.80. The summed E-state index contributed by atoms with van der Waals surface area (Å²) in [5.41, 5.74) is 3.03. The van der Waals surface area contributed by atoms with Gasteiger partial charge in [0, 0.05) is 28.9 Å². The Morgan fingerprint density at radius 1 is 1.19 bits per heavy atom. The van der Waals surface area contributed by atoms with E-state index in [0.717, 1.165) is 35.3 Å². The minimum atomic E-state index is 0.00150. The molecular weight excluding hydrogens is 381 g/mol. The number of hydrogen-bond donors (Lipinski definition) is 1. The smallest absolute Gasteiger partial charge is 0.222 e. The summed E-state index contributed by atoms with van der Waals surface area (Å²) in [5.74, 6) is 1.07. The van der Waals surface area contributed by atoms with Gasteiger partial charge in [-0.25, -0.2) is 4.98 Å². The van der Waals surface area contributed by atoms with Gasteiger partial charge in [-0.2, -0.15) is 0 Å². The van der Waals surface area contributed by atoms with Gasteiger partial charge in [0.15, 0.2) is 0 Å². The van der Waals surface area contributed by atoms with Crippen LogP contribution in [0.5, 0.6) is 0 Å². The molecule has 142 valence electrons. The predicted molar refractivity (Wildman–Crippen MR) is 111 cm³/mol. The first-order valence-electron chi connectivity index (χ1n) is 9.11. The van der Waals surface area contributed by atoms with Crippen LogP contribution in [0.1, 0.15) is 31.7 Å². The van der Waals surface area contributed by atoms with Gasteiger partial charge in [-0.3, -0.25) is 4.79 Å². The monoisotopic (exact) mass is 403 g/mol. The summed E-state index contributed by atoms with van der Waals surface area (Å²) in [6.07, 6.45) is 1.61. The van der Waals surface area contributed by atoms with Gasteiger partial charge >= 0.3 is 0 Å². The first-order valence-corrected chi connectivity index (χ1v) is 9.87. The SMILES string of the molecule is CC(C)C(=O)NCCCc1nc2ccccc2n1Cc1ccc(Cl)cc1Cl. The fourth-order valence-electron chi connectivity index (χ4n) is 2.98. The van der Waals surface area contributed by atoms with Crippen LogP contribution in [0.25, 0.3) is 11.0 Å². The Bertz CT molecular complexity index is 950. The number of hydrogen-bond acceptors (Lipinski definition) is 2. The molecule has 0 aliphatic heterocycles. The lowest BCUT2D eigenvalue weighted by Crippen LogP contribution is -2.28. The molecular formula is C21H23Cl2N3O. The van der Waals surface area contributed by atoms with E-state index >= 15 is 0 Å². The van der Waals surface area contributed by atoms with E-state index in [-0.39, 0.29) is 11.8 Å². The summed E-state index contributed by atoms with van der Waals surface area (Å²) >= 11 is 12.4. The number of halogens is 2. The maximum absolute atomic E-state index is 11.7. The van der Waals surface area contributed by atoms with Crippen molar-refractivity contribution in [2.75, 3.05) is 6.54 Å². The van der Waals surface area contributed by atoms with E-state index in [1.165, 1.54) is 0 Å². The molecule has 0 spiro atoms. The van der Waals surface area contributed by atoms with Crippen LogP contribution in [-0.4, -0.2) is 22.0 Å². The van der Waals surface area contributed by atoms with Crippen molar-refractivity contribution < 1.29 is 4.79 Å². The van der Waals surface area contributed by atoms with Crippen LogP contribution in [-0.2, 0) is 17.8 Å². The van der Waals surface area contributed by atoms with Crippen LogP contribution in [0.3, 0.4) is 0 Å². The molecule has 27 heavy (non-hydrogen) atoms. The van der Waals surface area contributed by atoms with E-state index < -0.39 is 0 Å². The highest BCUT2D eigenvalue weighted by molar-refractivity contribution is 6.35. The Labute approximate surface area is 169 Å². The predicted octanol–water partition coefficient (Wildman–Crippen LogP) is 5.10. The zero-order valence-electron chi connectivity index (χ0n) is 15.5. The van der Waals surface area contributed by atoms with E-state index in [1.807, 2.05) is 44.2 Å². The highest BCUT2D eigenvalue weighted by Gasteiger charge is 2.13. The topological polar surface area (TPSA) is 46.9 Å². The number of carbonyl (C=O) groups excluding carboxylic acids is 1. The van der Waals surface area contributed by atoms with Gasteiger partial charge in [-0.1, -0.05) is 55.2 Å². The number of amides is 1. The second kappa shape index (κ2) is 8.77. The highest BCUT2D eigenvalue weighted by Crippen LogP contribution is 2.25. The molecule has 2 aromatic carbocycles. The Kier molecular flexibility index (Phi) is 6.40. The van der Waals surface area contributed by atoms with Crippen molar-refractivity contribution in [2.45, 2.75) is 33.2 Å². The molecule has 0 saturated heterocycles. The van der Waals surface area contributed by atoms with Crippen LogP contribution < -0.4 is 5.32 Å². The number of para-hydroxylation sites is 2. The summed E-state index contributed by atoms with van der Waals surface area (Å²) in [6.45, 7) is 5.06. The fraction of sp³-hybridized carbons (Fsp3) is 0.333. The third-order valence-electron chi connectivity index (χ3n) is 4.48. The summed E-state index contributed by atoms with van der Waals surface area (Å²) in [7, 11) is 0. The normalized spacial score (nSPS) is 11.3. The Hall–Kier alpha value is -2.04. The molecule has 0 aliphatic rings. The van der Waals surface area contributed by atoms with Gasteiger partial charge in [0.25, 0.3) is 0 Å². The maximum Gasteiger partial charge on any atom is 0.222 e. The molecule has 0 aliphatic carbocycles. The first kappa shape index (κ1) is 19.7. The van der Waals surface area contributed by atoms with Gasteiger partial charge in [-0.15, -0.1) is 0 Å². The van der Waals surface area contributed by atoms with Crippen molar-refractivity contribution in [2.24, 2.45) is 5.92 Å². The number of nitrogens with one attached hydrogen (secondary N) is 1. The molecule has 3 rings (SSSR count). The molecule has 0 saturated carbocycles. The number of aromatic nitrogens is 2. The second-order valence-electron chi connectivity index (χ2n) is 6.89. The third-order valence-corrected chi connectivity index (χ3v) is 5.06. The quantitative estimate of drug-likeness (QED) is 0.557. The van der Waals surface area contributed by atoms with Crippen LogP contribution in [0.15, 0.2) is 42.5 Å². The largest absolute Gasteiger partial charge is 0.356 e. The van der Waals surface area contributed by atoms with Crippen LogP contribution in [0.4, 0.5) is 0 Å². The number of nitrogens with zero attached hydrogens (tertiary/aromatic N) is 2. The third kappa shape index (κ3) is 4.82. The standard InChI is InChI=1S/C21H23Cl2N3O/c1-14(2)21(27)24-11-5-8-20-25-18-6-3-4-7-19(18)26(20)13-15-9-10-16(22)12-17(15)23/h3-4,6-7,9-10,12,14H,5,8,11,13H2,1-2H3,(H,24,27). The minimum Gasteiger partial charge on any atom is -0.356 e.